The Balaban J connectivity index is 1.83. The van der Waals surface area contributed by atoms with Crippen LogP contribution in [0.5, 0.6) is 11.5 Å². The molecule has 0 saturated heterocycles. The minimum atomic E-state index is -0.340. The Labute approximate surface area is 132 Å². The van der Waals surface area contributed by atoms with Crippen molar-refractivity contribution in [1.29, 1.82) is 0 Å². The van der Waals surface area contributed by atoms with Crippen LogP contribution in [0.3, 0.4) is 0 Å². The molecule has 0 atom stereocenters. The number of para-hydroxylation sites is 1. The lowest BCUT2D eigenvalue weighted by Crippen LogP contribution is -2.12. The minimum Gasteiger partial charge on any atom is -0.490 e. The summed E-state index contributed by atoms with van der Waals surface area (Å²) in [6, 6.07) is 12.5. The molecule has 0 spiro atoms. The van der Waals surface area contributed by atoms with Crippen molar-refractivity contribution < 1.29 is 13.9 Å². The van der Waals surface area contributed by atoms with Crippen molar-refractivity contribution in [2.75, 3.05) is 20.3 Å². The van der Waals surface area contributed by atoms with Gasteiger partial charge >= 0.3 is 0 Å². The number of rotatable bonds is 7. The molecule has 0 radical (unpaired) electrons. The number of hydrogen-bond acceptors (Lipinski definition) is 3. The van der Waals surface area contributed by atoms with Crippen LogP contribution >= 0.6 is 15.9 Å². The van der Waals surface area contributed by atoms with Gasteiger partial charge in [-0.05, 0) is 41.2 Å². The maximum Gasteiger partial charge on any atom is 0.141 e. The fraction of sp³-hybridized carbons (Fsp3) is 0.250. The molecule has 112 valence electrons. The molecular weight excluding hydrogens is 337 g/mol. The van der Waals surface area contributed by atoms with Crippen LogP contribution in [0.1, 0.15) is 5.56 Å². The molecule has 5 heteroatoms. The molecule has 1 N–H and O–H groups in total. The molecule has 0 aliphatic carbocycles. The van der Waals surface area contributed by atoms with Crippen molar-refractivity contribution in [2.24, 2.45) is 0 Å². The Bertz CT molecular complexity index is 592. The van der Waals surface area contributed by atoms with Crippen LogP contribution < -0.4 is 14.8 Å². The highest BCUT2D eigenvalue weighted by Crippen LogP contribution is 2.21. The van der Waals surface area contributed by atoms with Crippen LogP contribution in [0, 0.1) is 5.82 Å². The van der Waals surface area contributed by atoms with E-state index in [9.17, 15) is 4.39 Å². The first-order valence-corrected chi connectivity index (χ1v) is 7.43. The molecule has 3 nitrogen and oxygen atoms in total. The van der Waals surface area contributed by atoms with Crippen molar-refractivity contribution >= 4 is 15.9 Å². The zero-order valence-corrected chi connectivity index (χ0v) is 13.3. The summed E-state index contributed by atoms with van der Waals surface area (Å²) in [6.07, 6.45) is 0. The molecule has 0 aliphatic rings. The van der Waals surface area contributed by atoms with Gasteiger partial charge in [0.05, 0.1) is 4.47 Å². The van der Waals surface area contributed by atoms with Crippen LogP contribution in [-0.2, 0) is 6.54 Å². The van der Waals surface area contributed by atoms with Crippen molar-refractivity contribution in [1.82, 2.24) is 5.32 Å². The van der Waals surface area contributed by atoms with Crippen LogP contribution in [0.4, 0.5) is 4.39 Å². The van der Waals surface area contributed by atoms with Gasteiger partial charge in [-0.15, -0.1) is 0 Å². The maximum absolute atomic E-state index is 13.3. The van der Waals surface area contributed by atoms with Gasteiger partial charge in [-0.3, -0.25) is 0 Å². The number of benzene rings is 2. The van der Waals surface area contributed by atoms with E-state index in [4.69, 9.17) is 9.47 Å². The Kier molecular flexibility index (Phi) is 6.02. The molecule has 0 aromatic heterocycles. The third kappa shape index (κ3) is 4.72. The summed E-state index contributed by atoms with van der Waals surface area (Å²) in [7, 11) is 1.89. The SMILES string of the molecule is CNCc1ccccc1OCCOc1ccc(Br)c(F)c1. The fourth-order valence-corrected chi connectivity index (χ4v) is 2.11. The normalized spacial score (nSPS) is 10.4. The molecule has 21 heavy (non-hydrogen) atoms. The van der Waals surface area contributed by atoms with Gasteiger partial charge in [0.2, 0.25) is 0 Å². The smallest absolute Gasteiger partial charge is 0.141 e. The van der Waals surface area contributed by atoms with Crippen LogP contribution in [-0.4, -0.2) is 20.3 Å². The highest BCUT2D eigenvalue weighted by Gasteiger charge is 2.03. The third-order valence-corrected chi connectivity index (χ3v) is 3.48. The van der Waals surface area contributed by atoms with Gasteiger partial charge in [-0.25, -0.2) is 4.39 Å². The van der Waals surface area contributed by atoms with Gasteiger partial charge in [-0.2, -0.15) is 0 Å². The van der Waals surface area contributed by atoms with E-state index >= 15 is 0 Å². The van der Waals surface area contributed by atoms with Crippen LogP contribution in [0.15, 0.2) is 46.9 Å². The predicted octanol–water partition coefficient (Wildman–Crippen LogP) is 3.77. The molecule has 0 amide bonds. The van der Waals surface area contributed by atoms with E-state index in [0.29, 0.717) is 23.4 Å². The van der Waals surface area contributed by atoms with Crippen molar-refractivity contribution in [3.05, 3.63) is 58.3 Å². The summed E-state index contributed by atoms with van der Waals surface area (Å²) < 4.78 is 24.9. The summed E-state index contributed by atoms with van der Waals surface area (Å²) in [6.45, 7) is 1.50. The molecular formula is C16H17BrFNO2. The first-order valence-electron chi connectivity index (χ1n) is 6.64. The van der Waals surface area contributed by atoms with E-state index in [-0.39, 0.29) is 5.82 Å². The van der Waals surface area contributed by atoms with Crippen molar-refractivity contribution in [3.63, 3.8) is 0 Å². The monoisotopic (exact) mass is 353 g/mol. The highest BCUT2D eigenvalue weighted by molar-refractivity contribution is 9.10. The van der Waals surface area contributed by atoms with Gasteiger partial charge in [-0.1, -0.05) is 18.2 Å². The molecule has 0 fully saturated rings. The van der Waals surface area contributed by atoms with E-state index in [2.05, 4.69) is 21.2 Å². The Hall–Kier alpha value is -1.59. The van der Waals surface area contributed by atoms with E-state index in [1.807, 2.05) is 31.3 Å². The third-order valence-electron chi connectivity index (χ3n) is 2.84. The summed E-state index contributed by atoms with van der Waals surface area (Å²) in [4.78, 5) is 0. The summed E-state index contributed by atoms with van der Waals surface area (Å²) in [5, 5.41) is 3.09. The van der Waals surface area contributed by atoms with Gasteiger partial charge in [0.15, 0.2) is 0 Å². The second-order valence-electron chi connectivity index (χ2n) is 4.41. The molecule has 2 rings (SSSR count). The number of hydrogen-bond donors (Lipinski definition) is 1. The quantitative estimate of drug-likeness (QED) is 0.768. The van der Waals surface area contributed by atoms with Crippen LogP contribution in [0.25, 0.3) is 0 Å². The standard InChI is InChI=1S/C16H17BrFNO2/c1-19-11-12-4-2-3-5-16(12)21-9-8-20-13-6-7-14(17)15(18)10-13/h2-7,10,19H,8-9,11H2,1H3. The second kappa shape index (κ2) is 8.00. The Morgan fingerprint density at radius 2 is 1.86 bits per heavy atom. The number of ether oxygens (including phenoxy) is 2. The lowest BCUT2D eigenvalue weighted by Gasteiger charge is -2.12. The first-order chi connectivity index (χ1) is 10.2. The van der Waals surface area contributed by atoms with Gasteiger partial charge < -0.3 is 14.8 Å². The summed E-state index contributed by atoms with van der Waals surface area (Å²) >= 11 is 3.10. The van der Waals surface area contributed by atoms with E-state index in [1.54, 1.807) is 12.1 Å². The predicted molar refractivity (Wildman–Crippen MR) is 84.3 cm³/mol. The van der Waals surface area contributed by atoms with E-state index in [1.165, 1.54) is 6.07 Å². The molecule has 0 saturated carbocycles. The molecule has 2 aromatic carbocycles. The maximum atomic E-state index is 13.3. The Morgan fingerprint density at radius 3 is 2.62 bits per heavy atom. The molecule has 0 bridgehead atoms. The van der Waals surface area contributed by atoms with Crippen molar-refractivity contribution in [3.8, 4) is 11.5 Å². The van der Waals surface area contributed by atoms with Gasteiger partial charge in [0.25, 0.3) is 0 Å². The number of halogens is 2. The summed E-state index contributed by atoms with van der Waals surface area (Å²) in [5.74, 6) is 0.980. The fourth-order valence-electron chi connectivity index (χ4n) is 1.86. The average molecular weight is 354 g/mol. The van der Waals surface area contributed by atoms with Gasteiger partial charge in [0, 0.05) is 18.2 Å². The molecule has 0 unspecified atom stereocenters. The molecule has 0 heterocycles. The molecule has 0 aliphatic heterocycles. The first kappa shape index (κ1) is 15.8. The lowest BCUT2D eigenvalue weighted by atomic mass is 10.2. The van der Waals surface area contributed by atoms with E-state index < -0.39 is 0 Å². The average Bonchev–Trinajstić information content (AvgIpc) is 2.49. The second-order valence-corrected chi connectivity index (χ2v) is 5.27. The zero-order chi connectivity index (χ0) is 15.1. The largest absolute Gasteiger partial charge is 0.490 e. The highest BCUT2D eigenvalue weighted by atomic mass is 79.9. The van der Waals surface area contributed by atoms with Crippen LogP contribution in [0.2, 0.25) is 0 Å². The van der Waals surface area contributed by atoms with E-state index in [0.717, 1.165) is 17.9 Å². The molecule has 2 aromatic rings. The Morgan fingerprint density at radius 1 is 1.10 bits per heavy atom. The van der Waals surface area contributed by atoms with Crippen molar-refractivity contribution in [2.45, 2.75) is 6.54 Å². The number of nitrogens with one attached hydrogen (secondary N) is 1. The zero-order valence-electron chi connectivity index (χ0n) is 11.7. The lowest BCUT2D eigenvalue weighted by molar-refractivity contribution is 0.215. The topological polar surface area (TPSA) is 30.5 Å². The minimum absolute atomic E-state index is 0.340. The van der Waals surface area contributed by atoms with Gasteiger partial charge in [0.1, 0.15) is 30.5 Å². The summed E-state index contributed by atoms with van der Waals surface area (Å²) in [5.41, 5.74) is 1.09.